The van der Waals surface area contributed by atoms with Crippen molar-refractivity contribution in [1.82, 2.24) is 10.6 Å². The Morgan fingerprint density at radius 3 is 2.68 bits per heavy atom. The van der Waals surface area contributed by atoms with E-state index in [1.54, 1.807) is 24.3 Å². The summed E-state index contributed by atoms with van der Waals surface area (Å²) in [7, 11) is 1.11. The molecular weight excluding hydrogens is 342 g/mol. The average Bonchev–Trinajstić information content (AvgIpc) is 2.59. The number of ketones is 1. The minimum atomic E-state index is -1.86. The van der Waals surface area contributed by atoms with Crippen LogP contribution in [0.3, 0.4) is 0 Å². The highest BCUT2D eigenvalue weighted by Gasteiger charge is 2.55. The maximum absolute atomic E-state index is 12.4. The van der Waals surface area contributed by atoms with Gasteiger partial charge in [0, 0.05) is 6.42 Å². The summed E-state index contributed by atoms with van der Waals surface area (Å²) >= 11 is 4.90. The van der Waals surface area contributed by atoms with Crippen LogP contribution >= 0.6 is 12.2 Å². The highest BCUT2D eigenvalue weighted by atomic mass is 32.1. The minimum absolute atomic E-state index is 0.137. The Morgan fingerprint density at radius 2 is 2.08 bits per heavy atom. The first-order valence-corrected chi connectivity index (χ1v) is 7.71. The lowest BCUT2D eigenvalue weighted by atomic mass is 9.78. The maximum atomic E-state index is 12.4. The first-order chi connectivity index (χ1) is 11.9. The monoisotopic (exact) mass is 357 g/mol. The summed E-state index contributed by atoms with van der Waals surface area (Å²) < 4.78 is 4.72. The van der Waals surface area contributed by atoms with Gasteiger partial charge in [0.25, 0.3) is 0 Å². The molecule has 0 radical (unpaired) electrons. The molecule has 0 aliphatic carbocycles. The number of hydrogen-bond acceptors (Lipinski definition) is 6. The zero-order valence-electron chi connectivity index (χ0n) is 13.3. The number of benzene rings is 1. The summed E-state index contributed by atoms with van der Waals surface area (Å²) in [6, 6.07) is 10.8. The van der Waals surface area contributed by atoms with Gasteiger partial charge in [0.2, 0.25) is 5.91 Å². The Labute approximate surface area is 149 Å². The van der Waals surface area contributed by atoms with Gasteiger partial charge in [0.05, 0.1) is 13.2 Å². The van der Waals surface area contributed by atoms with Crippen LogP contribution in [0.25, 0.3) is 6.08 Å². The number of nitrogens with one attached hydrogen (secondary N) is 2. The molecule has 2 N–H and O–H groups in total. The summed E-state index contributed by atoms with van der Waals surface area (Å²) in [5.74, 6) is -3.57. The average molecular weight is 357 g/mol. The summed E-state index contributed by atoms with van der Waals surface area (Å²) in [4.78, 5) is 36.7. The van der Waals surface area contributed by atoms with Crippen LogP contribution in [-0.2, 0) is 19.1 Å². The number of thiocarbonyl (C=S) groups is 1. The van der Waals surface area contributed by atoms with E-state index in [4.69, 9.17) is 17.0 Å². The van der Waals surface area contributed by atoms with E-state index in [-0.39, 0.29) is 5.11 Å². The van der Waals surface area contributed by atoms with Crippen LogP contribution in [0.1, 0.15) is 12.0 Å². The molecule has 2 rings (SSSR count). The topological polar surface area (TPSA) is 108 Å². The zero-order valence-corrected chi connectivity index (χ0v) is 14.1. The third-order valence-electron chi connectivity index (χ3n) is 3.72. The van der Waals surface area contributed by atoms with Gasteiger partial charge >= 0.3 is 5.97 Å². The summed E-state index contributed by atoms with van der Waals surface area (Å²) in [5.41, 5.74) is -1.06. The summed E-state index contributed by atoms with van der Waals surface area (Å²) in [6.45, 7) is 0. The van der Waals surface area contributed by atoms with Gasteiger partial charge in [-0.3, -0.25) is 9.59 Å². The van der Waals surface area contributed by atoms with Crippen LogP contribution in [0.5, 0.6) is 0 Å². The van der Waals surface area contributed by atoms with Crippen molar-refractivity contribution in [2.24, 2.45) is 5.92 Å². The Kier molecular flexibility index (Phi) is 5.62. The number of hydrogen-bond donors (Lipinski definition) is 2. The molecule has 7 nitrogen and oxygen atoms in total. The van der Waals surface area contributed by atoms with E-state index >= 15 is 0 Å². The van der Waals surface area contributed by atoms with Crippen molar-refractivity contribution in [2.45, 2.75) is 12.0 Å². The molecule has 0 bridgehead atoms. The maximum Gasteiger partial charge on any atom is 0.334 e. The van der Waals surface area contributed by atoms with Crippen LogP contribution in [0, 0.1) is 17.2 Å². The van der Waals surface area contributed by atoms with E-state index in [1.165, 1.54) is 6.08 Å². The number of methoxy groups -OCH3 is 1. The van der Waals surface area contributed by atoms with Gasteiger partial charge in [-0.1, -0.05) is 36.4 Å². The zero-order chi connectivity index (χ0) is 18.4. The largest absolute Gasteiger partial charge is 0.467 e. The fourth-order valence-corrected chi connectivity index (χ4v) is 2.82. The lowest BCUT2D eigenvalue weighted by Gasteiger charge is -2.38. The SMILES string of the molecule is COC(=O)C1(CC(=O)C=Cc2ccccc2)NC(=S)NC(=O)C1C#N. The number of allylic oxidation sites excluding steroid dienone is 1. The van der Waals surface area contributed by atoms with Crippen molar-refractivity contribution in [3.8, 4) is 6.07 Å². The third kappa shape index (κ3) is 3.89. The van der Waals surface area contributed by atoms with Crippen LogP contribution in [0.4, 0.5) is 0 Å². The molecule has 2 atom stereocenters. The van der Waals surface area contributed by atoms with Crippen molar-refractivity contribution in [1.29, 1.82) is 5.26 Å². The Hall–Kier alpha value is -3.05. The van der Waals surface area contributed by atoms with E-state index in [1.807, 2.05) is 18.2 Å². The van der Waals surface area contributed by atoms with Gasteiger partial charge in [-0.05, 0) is 23.9 Å². The molecule has 128 valence electrons. The van der Waals surface area contributed by atoms with Gasteiger partial charge in [-0.2, -0.15) is 5.26 Å². The highest BCUT2D eigenvalue weighted by molar-refractivity contribution is 7.80. The molecule has 2 unspecified atom stereocenters. The predicted molar refractivity (Wildman–Crippen MR) is 92.8 cm³/mol. The second-order valence-corrected chi connectivity index (χ2v) is 5.76. The smallest absolute Gasteiger partial charge is 0.334 e. The Morgan fingerprint density at radius 1 is 1.40 bits per heavy atom. The molecule has 1 fully saturated rings. The second-order valence-electron chi connectivity index (χ2n) is 5.36. The quantitative estimate of drug-likeness (QED) is 0.454. The second kappa shape index (κ2) is 7.68. The normalized spacial score (nSPS) is 22.6. The van der Waals surface area contributed by atoms with E-state index in [9.17, 15) is 19.6 Å². The molecule has 1 aliphatic rings. The van der Waals surface area contributed by atoms with Crippen molar-refractivity contribution >= 4 is 41.1 Å². The summed E-state index contributed by atoms with van der Waals surface area (Å²) in [5, 5.41) is 14.0. The van der Waals surface area contributed by atoms with Gasteiger partial charge in [-0.15, -0.1) is 0 Å². The first kappa shape index (κ1) is 18.3. The number of amides is 1. The van der Waals surface area contributed by atoms with Gasteiger partial charge in [0.1, 0.15) is 0 Å². The molecule has 1 saturated heterocycles. The molecule has 25 heavy (non-hydrogen) atoms. The van der Waals surface area contributed by atoms with Crippen LogP contribution in [0.2, 0.25) is 0 Å². The van der Waals surface area contributed by atoms with Gasteiger partial charge in [0.15, 0.2) is 22.4 Å². The van der Waals surface area contributed by atoms with Crippen LogP contribution in [0.15, 0.2) is 36.4 Å². The minimum Gasteiger partial charge on any atom is -0.467 e. The van der Waals surface area contributed by atoms with E-state index < -0.39 is 35.5 Å². The highest BCUT2D eigenvalue weighted by Crippen LogP contribution is 2.27. The van der Waals surface area contributed by atoms with Crippen molar-refractivity contribution in [3.63, 3.8) is 0 Å². The molecule has 0 aromatic heterocycles. The summed E-state index contributed by atoms with van der Waals surface area (Å²) in [6.07, 6.45) is 2.41. The van der Waals surface area contributed by atoms with Crippen molar-refractivity contribution in [3.05, 3.63) is 42.0 Å². The number of esters is 1. The number of ether oxygens (including phenoxy) is 1. The third-order valence-corrected chi connectivity index (χ3v) is 3.93. The molecule has 1 amide bonds. The van der Waals surface area contributed by atoms with Crippen LogP contribution in [-0.4, -0.2) is 35.4 Å². The molecule has 1 aromatic carbocycles. The Balaban J connectivity index is 2.31. The number of nitriles is 1. The first-order valence-electron chi connectivity index (χ1n) is 7.30. The van der Waals surface area contributed by atoms with E-state index in [0.29, 0.717) is 0 Å². The lowest BCUT2D eigenvalue weighted by molar-refractivity contribution is -0.154. The van der Waals surface area contributed by atoms with Crippen LogP contribution < -0.4 is 10.6 Å². The molecule has 0 saturated carbocycles. The molecule has 0 spiro atoms. The number of carbonyl (C=O) groups is 3. The molecule has 1 aliphatic heterocycles. The van der Waals surface area contributed by atoms with Crippen molar-refractivity contribution in [2.75, 3.05) is 7.11 Å². The van der Waals surface area contributed by atoms with Gasteiger partial charge in [-0.25, -0.2) is 4.79 Å². The number of carbonyl (C=O) groups excluding carboxylic acids is 3. The van der Waals surface area contributed by atoms with E-state index in [0.717, 1.165) is 12.7 Å². The number of nitrogens with zero attached hydrogens (tertiary/aromatic N) is 1. The lowest BCUT2D eigenvalue weighted by Crippen LogP contribution is -2.70. The molecule has 1 heterocycles. The number of rotatable bonds is 5. The fourth-order valence-electron chi connectivity index (χ4n) is 2.54. The van der Waals surface area contributed by atoms with E-state index in [2.05, 4.69) is 10.6 Å². The van der Waals surface area contributed by atoms with Crippen molar-refractivity contribution < 1.29 is 19.1 Å². The standard InChI is InChI=1S/C17H15N3O4S/c1-24-15(23)17(13(10-18)14(22)19-16(25)20-17)9-12(21)8-7-11-5-3-2-4-6-11/h2-8,13H,9H2,1H3,(H2,19,20,22,25). The molecular formula is C17H15N3O4S. The Bertz CT molecular complexity index is 785. The molecule has 8 heteroatoms. The van der Waals surface area contributed by atoms with Gasteiger partial charge < -0.3 is 15.4 Å². The fraction of sp³-hybridized carbons (Fsp3) is 0.235. The predicted octanol–water partition coefficient (Wildman–Crippen LogP) is 0.715. The molecule has 1 aromatic rings.